The van der Waals surface area contributed by atoms with Gasteiger partial charge in [0.25, 0.3) is 5.91 Å². The molecule has 0 bridgehead atoms. The molecule has 7 heteroatoms. The average Bonchev–Trinajstić information content (AvgIpc) is 2.79. The summed E-state index contributed by atoms with van der Waals surface area (Å²) in [6, 6.07) is 7.47. The zero-order valence-corrected chi connectivity index (χ0v) is 14.6. The number of nitrogens with one attached hydrogen (secondary N) is 2. The molecule has 2 heterocycles. The Hall–Kier alpha value is -2.18. The van der Waals surface area contributed by atoms with Crippen molar-refractivity contribution in [3.05, 3.63) is 46.8 Å². The molecule has 128 valence electrons. The first-order valence-electron chi connectivity index (χ1n) is 7.78. The van der Waals surface area contributed by atoms with Crippen LogP contribution in [-0.4, -0.2) is 29.3 Å². The second kappa shape index (κ2) is 8.08. The van der Waals surface area contributed by atoms with Crippen LogP contribution in [0.1, 0.15) is 34.2 Å². The highest BCUT2D eigenvalue weighted by Crippen LogP contribution is 2.24. The summed E-state index contributed by atoms with van der Waals surface area (Å²) in [5.41, 5.74) is 3.79. The minimum Gasteiger partial charge on any atom is -0.492 e. The van der Waals surface area contributed by atoms with E-state index in [1.54, 1.807) is 6.07 Å². The van der Waals surface area contributed by atoms with E-state index >= 15 is 0 Å². The van der Waals surface area contributed by atoms with Crippen molar-refractivity contribution in [3.63, 3.8) is 0 Å². The number of aromatic nitrogens is 2. The third-order valence-electron chi connectivity index (χ3n) is 3.74. The SMILES string of the molecule is CCc1nnc(C)cc1C(=O)Nc1ccc2c(c1)CNCCO2.Cl. The van der Waals surface area contributed by atoms with Gasteiger partial charge in [0.05, 0.1) is 17.0 Å². The monoisotopic (exact) mass is 348 g/mol. The van der Waals surface area contributed by atoms with Crippen LogP contribution < -0.4 is 15.4 Å². The number of ether oxygens (including phenoxy) is 1. The topological polar surface area (TPSA) is 76.1 Å². The number of amides is 1. The number of carbonyl (C=O) groups excluding carboxylic acids is 1. The maximum atomic E-state index is 12.6. The second-order valence-corrected chi connectivity index (χ2v) is 5.50. The van der Waals surface area contributed by atoms with Crippen LogP contribution in [0.2, 0.25) is 0 Å². The van der Waals surface area contributed by atoms with Gasteiger partial charge in [0, 0.05) is 24.3 Å². The molecule has 0 saturated carbocycles. The van der Waals surface area contributed by atoms with Gasteiger partial charge in [0.1, 0.15) is 12.4 Å². The number of anilines is 1. The molecule has 0 atom stereocenters. The van der Waals surface area contributed by atoms with E-state index in [0.717, 1.165) is 35.8 Å². The lowest BCUT2D eigenvalue weighted by molar-refractivity contribution is 0.102. The fraction of sp³-hybridized carbons (Fsp3) is 0.353. The molecule has 1 aromatic heterocycles. The maximum absolute atomic E-state index is 12.6. The van der Waals surface area contributed by atoms with E-state index in [0.29, 0.717) is 24.3 Å². The van der Waals surface area contributed by atoms with Gasteiger partial charge in [-0.15, -0.1) is 12.4 Å². The number of hydrogen-bond donors (Lipinski definition) is 2. The molecule has 3 rings (SSSR count). The molecule has 0 fully saturated rings. The van der Waals surface area contributed by atoms with Gasteiger partial charge in [0.2, 0.25) is 0 Å². The largest absolute Gasteiger partial charge is 0.492 e. The van der Waals surface area contributed by atoms with Crippen LogP contribution in [0.5, 0.6) is 5.75 Å². The smallest absolute Gasteiger partial charge is 0.257 e. The summed E-state index contributed by atoms with van der Waals surface area (Å²) in [4.78, 5) is 12.6. The lowest BCUT2D eigenvalue weighted by Gasteiger charge is -2.11. The summed E-state index contributed by atoms with van der Waals surface area (Å²) in [7, 11) is 0. The van der Waals surface area contributed by atoms with Crippen molar-refractivity contribution in [2.45, 2.75) is 26.8 Å². The highest BCUT2D eigenvalue weighted by Gasteiger charge is 2.15. The first-order valence-corrected chi connectivity index (χ1v) is 7.78. The Morgan fingerprint density at radius 2 is 2.17 bits per heavy atom. The Bertz CT molecular complexity index is 737. The number of rotatable bonds is 3. The molecule has 0 unspecified atom stereocenters. The predicted molar refractivity (Wildman–Crippen MR) is 95.0 cm³/mol. The fourth-order valence-electron chi connectivity index (χ4n) is 2.56. The molecule has 1 aromatic carbocycles. The molecule has 1 aliphatic rings. The molecule has 2 N–H and O–H groups in total. The van der Waals surface area contributed by atoms with Crippen molar-refractivity contribution in [2.75, 3.05) is 18.5 Å². The van der Waals surface area contributed by atoms with Crippen LogP contribution in [0.4, 0.5) is 5.69 Å². The van der Waals surface area contributed by atoms with Crippen molar-refractivity contribution >= 4 is 24.0 Å². The van der Waals surface area contributed by atoms with Crippen molar-refractivity contribution in [1.29, 1.82) is 0 Å². The molecule has 1 amide bonds. The van der Waals surface area contributed by atoms with E-state index in [4.69, 9.17) is 4.74 Å². The summed E-state index contributed by atoms with van der Waals surface area (Å²) in [5.74, 6) is 0.700. The quantitative estimate of drug-likeness (QED) is 0.891. The molecule has 0 spiro atoms. The Morgan fingerprint density at radius 3 is 2.96 bits per heavy atom. The van der Waals surface area contributed by atoms with Crippen LogP contribution in [0, 0.1) is 6.92 Å². The van der Waals surface area contributed by atoms with Gasteiger partial charge >= 0.3 is 0 Å². The van der Waals surface area contributed by atoms with Crippen molar-refractivity contribution in [2.24, 2.45) is 0 Å². The third-order valence-corrected chi connectivity index (χ3v) is 3.74. The van der Waals surface area contributed by atoms with Crippen LogP contribution in [-0.2, 0) is 13.0 Å². The lowest BCUT2D eigenvalue weighted by Crippen LogP contribution is -2.17. The number of aryl methyl sites for hydroxylation is 2. The Balaban J connectivity index is 0.00000208. The molecule has 0 saturated heterocycles. The Labute approximate surface area is 147 Å². The fourth-order valence-corrected chi connectivity index (χ4v) is 2.56. The predicted octanol–water partition coefficient (Wildman–Crippen LogP) is 2.50. The van der Waals surface area contributed by atoms with Crippen molar-refractivity contribution in [1.82, 2.24) is 15.5 Å². The van der Waals surface area contributed by atoms with Crippen molar-refractivity contribution < 1.29 is 9.53 Å². The van der Waals surface area contributed by atoms with Crippen molar-refractivity contribution in [3.8, 4) is 5.75 Å². The number of hydrogen-bond acceptors (Lipinski definition) is 5. The van der Waals surface area contributed by atoms with Crippen LogP contribution in [0.15, 0.2) is 24.3 Å². The summed E-state index contributed by atoms with van der Waals surface area (Å²) >= 11 is 0. The van der Waals surface area contributed by atoms with Gasteiger partial charge in [-0.2, -0.15) is 10.2 Å². The zero-order chi connectivity index (χ0) is 16.2. The third kappa shape index (κ3) is 4.01. The number of carbonyl (C=O) groups is 1. The molecular formula is C17H21ClN4O2. The molecule has 1 aliphatic heterocycles. The van der Waals surface area contributed by atoms with E-state index in [1.165, 1.54) is 0 Å². The number of benzene rings is 1. The first kappa shape index (κ1) is 18.2. The minimum atomic E-state index is -0.165. The molecular weight excluding hydrogens is 328 g/mol. The Kier molecular flexibility index (Phi) is 6.11. The van der Waals surface area contributed by atoms with E-state index in [1.807, 2.05) is 32.0 Å². The van der Waals surface area contributed by atoms with Crippen LogP contribution in [0.25, 0.3) is 0 Å². The van der Waals surface area contributed by atoms with Gasteiger partial charge in [0.15, 0.2) is 0 Å². The average molecular weight is 349 g/mol. The maximum Gasteiger partial charge on any atom is 0.257 e. The highest BCUT2D eigenvalue weighted by atomic mass is 35.5. The number of nitrogens with zero attached hydrogens (tertiary/aromatic N) is 2. The van der Waals surface area contributed by atoms with Gasteiger partial charge in [-0.1, -0.05) is 6.92 Å². The van der Waals surface area contributed by atoms with Gasteiger partial charge < -0.3 is 15.4 Å². The van der Waals surface area contributed by atoms with E-state index in [2.05, 4.69) is 20.8 Å². The number of halogens is 1. The molecule has 6 nitrogen and oxygen atoms in total. The summed E-state index contributed by atoms with van der Waals surface area (Å²) < 4.78 is 5.65. The van der Waals surface area contributed by atoms with Crippen LogP contribution in [0.3, 0.4) is 0 Å². The normalized spacial score (nSPS) is 13.1. The lowest BCUT2D eigenvalue weighted by atomic mass is 10.1. The van der Waals surface area contributed by atoms with Gasteiger partial charge in [-0.25, -0.2) is 0 Å². The van der Waals surface area contributed by atoms with E-state index in [9.17, 15) is 4.79 Å². The summed E-state index contributed by atoms with van der Waals surface area (Å²) in [6.45, 7) is 5.99. The molecule has 0 aliphatic carbocycles. The van der Waals surface area contributed by atoms with Gasteiger partial charge in [-0.05, 0) is 37.6 Å². The standard InChI is InChI=1S/C17H20N4O2.ClH/c1-3-15-14(8-11(2)20-21-15)17(22)19-13-4-5-16-12(9-13)10-18-6-7-23-16;/h4-5,8-9,18H,3,6-7,10H2,1-2H3,(H,19,22);1H. The van der Waals surface area contributed by atoms with E-state index in [-0.39, 0.29) is 18.3 Å². The van der Waals surface area contributed by atoms with E-state index < -0.39 is 0 Å². The molecule has 2 aromatic rings. The van der Waals surface area contributed by atoms with Gasteiger partial charge in [-0.3, -0.25) is 4.79 Å². The minimum absolute atomic E-state index is 0. The van der Waals surface area contributed by atoms with Crippen LogP contribution >= 0.6 is 12.4 Å². The Morgan fingerprint density at radius 1 is 1.33 bits per heavy atom. The zero-order valence-electron chi connectivity index (χ0n) is 13.8. The highest BCUT2D eigenvalue weighted by molar-refractivity contribution is 6.05. The summed E-state index contributed by atoms with van der Waals surface area (Å²) in [5, 5.41) is 14.3. The second-order valence-electron chi connectivity index (χ2n) is 5.50. The number of fused-ring (bicyclic) bond motifs is 1. The molecule has 0 radical (unpaired) electrons. The molecule has 24 heavy (non-hydrogen) atoms. The summed E-state index contributed by atoms with van der Waals surface area (Å²) in [6.07, 6.45) is 0.665. The first-order chi connectivity index (χ1) is 11.2.